The maximum Gasteiger partial charge on any atom is 0.306 e. The lowest BCUT2D eigenvalue weighted by atomic mass is 10.1. The summed E-state index contributed by atoms with van der Waals surface area (Å²) in [5.74, 6) is -1.03. The first-order valence-corrected chi connectivity index (χ1v) is 28.0. The van der Waals surface area contributed by atoms with Gasteiger partial charge in [-0.25, -0.2) is 0 Å². The molecule has 390 valence electrons. The quantitative estimate of drug-likeness (QED) is 0.0262. The number of carbonyl (C=O) groups is 3. The van der Waals surface area contributed by atoms with Gasteiger partial charge in [-0.05, 0) is 116 Å². The average molecular weight is 956 g/mol. The molecule has 1 unspecified atom stereocenters. The zero-order valence-electron chi connectivity index (χ0n) is 44.5. The van der Waals surface area contributed by atoms with Gasteiger partial charge in [-0.1, -0.05) is 226 Å². The zero-order valence-corrected chi connectivity index (χ0v) is 44.5. The first-order chi connectivity index (χ1) is 34.0. The van der Waals surface area contributed by atoms with E-state index in [1.807, 2.05) is 12.2 Å². The largest absolute Gasteiger partial charge is 0.462 e. The number of esters is 3. The van der Waals surface area contributed by atoms with E-state index < -0.39 is 12.1 Å². The first-order valence-electron chi connectivity index (χ1n) is 28.0. The van der Waals surface area contributed by atoms with Gasteiger partial charge in [0.2, 0.25) is 0 Å². The van der Waals surface area contributed by atoms with Crippen LogP contribution in [-0.2, 0) is 28.6 Å². The van der Waals surface area contributed by atoms with Gasteiger partial charge >= 0.3 is 17.9 Å². The third-order valence-electron chi connectivity index (χ3n) is 11.4. The number of unbranched alkanes of at least 4 members (excludes halogenated alkanes) is 18. The van der Waals surface area contributed by atoms with Gasteiger partial charge in [-0.15, -0.1) is 0 Å². The maximum atomic E-state index is 12.8. The van der Waals surface area contributed by atoms with E-state index in [0.29, 0.717) is 19.3 Å². The summed E-state index contributed by atoms with van der Waals surface area (Å²) in [5, 5.41) is 0. The van der Waals surface area contributed by atoms with Gasteiger partial charge in [-0.2, -0.15) is 0 Å². The molecule has 0 aromatic rings. The van der Waals surface area contributed by atoms with E-state index in [-0.39, 0.29) is 31.6 Å². The van der Waals surface area contributed by atoms with Crippen LogP contribution in [0.5, 0.6) is 0 Å². The lowest BCUT2D eigenvalue weighted by molar-refractivity contribution is -0.166. The van der Waals surface area contributed by atoms with Crippen molar-refractivity contribution in [3.63, 3.8) is 0 Å². The van der Waals surface area contributed by atoms with Crippen LogP contribution in [0, 0.1) is 0 Å². The highest BCUT2D eigenvalue weighted by Gasteiger charge is 2.19. The average Bonchev–Trinajstić information content (AvgIpc) is 3.35. The standard InChI is InChI=1S/C63H102O6/c1-4-7-10-13-16-19-22-24-26-28-30-31-33-34-36-38-41-44-47-50-53-56-62(65)68-59-60(58-67-61(64)55-52-49-46-43-40-21-18-15-12-9-6-3)69-63(66)57-54-51-48-45-42-39-37-35-32-29-27-25-23-20-17-14-11-8-5-2/h8,11,15,17-18,20,22,24-25,27-28,30,32-35,39,42,48,51,60H,4-7,9-10,12-14,16,19,21,23,26,29,31,36-38,40-41,43-47,49-50,52-59H2,1-3H3/b11-8-,18-15-,20-17-,24-22-,27-25-,30-28-,34-33-,35-32-,42-39-,51-48-. The molecule has 0 aliphatic heterocycles. The Morgan fingerprint density at radius 1 is 0.304 bits per heavy atom. The molecule has 0 N–H and O–H groups in total. The van der Waals surface area contributed by atoms with E-state index >= 15 is 0 Å². The van der Waals surface area contributed by atoms with Gasteiger partial charge in [0.05, 0.1) is 0 Å². The topological polar surface area (TPSA) is 78.9 Å². The van der Waals surface area contributed by atoms with E-state index in [4.69, 9.17) is 14.2 Å². The predicted octanol–water partition coefficient (Wildman–Crippen LogP) is 18.9. The third kappa shape index (κ3) is 54.6. The Morgan fingerprint density at radius 2 is 0.609 bits per heavy atom. The normalized spacial score (nSPS) is 13.0. The van der Waals surface area contributed by atoms with E-state index in [2.05, 4.69) is 130 Å². The predicted molar refractivity (Wildman–Crippen MR) is 297 cm³/mol. The van der Waals surface area contributed by atoms with Crippen LogP contribution >= 0.6 is 0 Å². The van der Waals surface area contributed by atoms with Crippen molar-refractivity contribution in [3.8, 4) is 0 Å². The zero-order chi connectivity index (χ0) is 50.0. The number of hydrogen-bond donors (Lipinski definition) is 0. The van der Waals surface area contributed by atoms with Crippen LogP contribution in [0.1, 0.15) is 239 Å². The highest BCUT2D eigenvalue weighted by Crippen LogP contribution is 2.13. The smallest absolute Gasteiger partial charge is 0.306 e. The number of hydrogen-bond acceptors (Lipinski definition) is 6. The number of carbonyl (C=O) groups excluding carboxylic acids is 3. The summed E-state index contributed by atoms with van der Waals surface area (Å²) in [4.78, 5) is 38.0. The Balaban J connectivity index is 4.50. The van der Waals surface area contributed by atoms with E-state index in [0.717, 1.165) is 116 Å². The summed E-state index contributed by atoms with van der Waals surface area (Å²) in [6.45, 7) is 6.38. The molecule has 1 atom stereocenters. The maximum absolute atomic E-state index is 12.8. The summed E-state index contributed by atoms with van der Waals surface area (Å²) >= 11 is 0. The Hall–Kier alpha value is -4.19. The number of allylic oxidation sites excluding steroid dienone is 20. The molecule has 0 amide bonds. The summed E-state index contributed by atoms with van der Waals surface area (Å²) < 4.78 is 16.7. The summed E-state index contributed by atoms with van der Waals surface area (Å²) in [7, 11) is 0. The molecule has 69 heavy (non-hydrogen) atoms. The molecule has 0 bridgehead atoms. The fourth-order valence-corrected chi connectivity index (χ4v) is 7.22. The van der Waals surface area contributed by atoms with E-state index in [9.17, 15) is 14.4 Å². The van der Waals surface area contributed by atoms with Gasteiger partial charge in [-0.3, -0.25) is 14.4 Å². The molecule has 0 aliphatic carbocycles. The van der Waals surface area contributed by atoms with E-state index in [1.165, 1.54) is 77.0 Å². The molecule has 0 fully saturated rings. The van der Waals surface area contributed by atoms with Crippen molar-refractivity contribution in [3.05, 3.63) is 122 Å². The second kappa shape index (κ2) is 56.4. The molecule has 0 aromatic carbocycles. The van der Waals surface area contributed by atoms with Crippen LogP contribution < -0.4 is 0 Å². The summed E-state index contributed by atoms with van der Waals surface area (Å²) in [5.41, 5.74) is 0. The molecular formula is C63H102O6. The minimum absolute atomic E-state index is 0.120. The number of ether oxygens (including phenoxy) is 3. The Morgan fingerprint density at radius 3 is 1.00 bits per heavy atom. The van der Waals surface area contributed by atoms with Crippen molar-refractivity contribution in [1.29, 1.82) is 0 Å². The molecule has 0 aromatic heterocycles. The molecule has 0 heterocycles. The van der Waals surface area contributed by atoms with Crippen LogP contribution in [0.4, 0.5) is 0 Å². The first kappa shape index (κ1) is 64.8. The van der Waals surface area contributed by atoms with Crippen LogP contribution in [0.15, 0.2) is 122 Å². The van der Waals surface area contributed by atoms with Gasteiger partial charge in [0.15, 0.2) is 6.10 Å². The lowest BCUT2D eigenvalue weighted by Gasteiger charge is -2.18. The van der Waals surface area contributed by atoms with Gasteiger partial charge in [0, 0.05) is 19.3 Å². The van der Waals surface area contributed by atoms with Crippen molar-refractivity contribution in [1.82, 2.24) is 0 Å². The highest BCUT2D eigenvalue weighted by atomic mass is 16.6. The fourth-order valence-electron chi connectivity index (χ4n) is 7.22. The van der Waals surface area contributed by atoms with Crippen molar-refractivity contribution >= 4 is 17.9 Å². The second-order valence-corrected chi connectivity index (χ2v) is 18.1. The summed E-state index contributed by atoms with van der Waals surface area (Å²) in [6.07, 6.45) is 77.7. The fraction of sp³-hybridized carbons (Fsp3) is 0.635. The molecule has 0 aliphatic rings. The van der Waals surface area contributed by atoms with E-state index in [1.54, 1.807) is 0 Å². The second-order valence-electron chi connectivity index (χ2n) is 18.1. The molecule has 0 rings (SSSR count). The van der Waals surface area contributed by atoms with Gasteiger partial charge < -0.3 is 14.2 Å². The highest BCUT2D eigenvalue weighted by molar-refractivity contribution is 5.71. The Kier molecular flexibility index (Phi) is 53.0. The molecule has 0 radical (unpaired) electrons. The molecule has 0 saturated heterocycles. The minimum Gasteiger partial charge on any atom is -0.462 e. The molecule has 0 spiro atoms. The Labute approximate surface area is 424 Å². The SMILES string of the molecule is CC/C=C\C/C=C\C/C=C\C/C=C\C/C=C\C/C=C\CCC(=O)OC(COC(=O)CCCCCCC/C=C\CCCC)COC(=O)CCCCCCCC/C=C\C/C=C\C/C=C\CCCCCCC. The third-order valence-corrected chi connectivity index (χ3v) is 11.4. The van der Waals surface area contributed by atoms with Crippen LogP contribution in [0.25, 0.3) is 0 Å². The Bertz CT molecular complexity index is 1470. The lowest BCUT2D eigenvalue weighted by Crippen LogP contribution is -2.30. The van der Waals surface area contributed by atoms with Crippen molar-refractivity contribution in [2.45, 2.75) is 245 Å². The molecule has 6 heteroatoms. The molecule has 0 saturated carbocycles. The monoisotopic (exact) mass is 955 g/mol. The van der Waals surface area contributed by atoms with Crippen molar-refractivity contribution in [2.75, 3.05) is 13.2 Å². The van der Waals surface area contributed by atoms with Crippen LogP contribution in [0.2, 0.25) is 0 Å². The van der Waals surface area contributed by atoms with Crippen molar-refractivity contribution in [2.24, 2.45) is 0 Å². The summed E-state index contributed by atoms with van der Waals surface area (Å²) in [6, 6.07) is 0. The molecule has 6 nitrogen and oxygen atoms in total. The van der Waals surface area contributed by atoms with Crippen molar-refractivity contribution < 1.29 is 28.6 Å². The van der Waals surface area contributed by atoms with Gasteiger partial charge in [0.1, 0.15) is 13.2 Å². The minimum atomic E-state index is -0.831. The van der Waals surface area contributed by atoms with Crippen LogP contribution in [-0.4, -0.2) is 37.2 Å². The molecular weight excluding hydrogens is 853 g/mol. The van der Waals surface area contributed by atoms with Crippen LogP contribution in [0.3, 0.4) is 0 Å². The van der Waals surface area contributed by atoms with Gasteiger partial charge in [0.25, 0.3) is 0 Å². The number of rotatable bonds is 49.